The van der Waals surface area contributed by atoms with Gasteiger partial charge in [-0.15, -0.1) is 0 Å². The molecule has 0 spiro atoms. The van der Waals surface area contributed by atoms with E-state index in [1.165, 1.54) is 42.5 Å². The Kier molecular flexibility index (Phi) is 10.2. The van der Waals surface area contributed by atoms with E-state index in [9.17, 15) is 21.6 Å². The van der Waals surface area contributed by atoms with E-state index >= 15 is 0 Å². The van der Waals surface area contributed by atoms with E-state index in [0.29, 0.717) is 0 Å². The summed E-state index contributed by atoms with van der Waals surface area (Å²) in [5.41, 5.74) is -0.113. The molecule has 220 valence electrons. The summed E-state index contributed by atoms with van der Waals surface area (Å²) in [6.07, 6.45) is 0. The quantitative estimate of drug-likeness (QED) is 0.194. The van der Waals surface area contributed by atoms with Gasteiger partial charge in [0.25, 0.3) is 20.0 Å². The van der Waals surface area contributed by atoms with Crippen molar-refractivity contribution in [2.45, 2.75) is 9.79 Å². The number of nitrogens with zero attached hydrogens (tertiary/aromatic N) is 1. The first-order valence-corrected chi connectivity index (χ1v) is 17.1. The molecule has 4 aromatic carbocycles. The van der Waals surface area contributed by atoms with Crippen molar-refractivity contribution >= 4 is 129 Å². The van der Waals surface area contributed by atoms with Crippen LogP contribution in [0, 0.1) is 0 Å². The average molecular weight is 793 g/mol. The maximum atomic E-state index is 14.0. The van der Waals surface area contributed by atoms with Gasteiger partial charge in [-0.1, -0.05) is 69.6 Å². The third-order valence-electron chi connectivity index (χ3n) is 5.23. The monoisotopic (exact) mass is 789 g/mol. The van der Waals surface area contributed by atoms with Crippen molar-refractivity contribution in [1.29, 1.82) is 0 Å². The fourth-order valence-electron chi connectivity index (χ4n) is 3.58. The number of carbonyl (C=O) groups excluding carboxylic acids is 1. The molecule has 0 atom stereocenters. The Morgan fingerprint density at radius 3 is 1.38 bits per heavy atom. The summed E-state index contributed by atoms with van der Waals surface area (Å²) < 4.78 is 56.3. The highest BCUT2D eigenvalue weighted by atomic mass is 79.9. The number of nitrogens with one attached hydrogen (secondary N) is 2. The van der Waals surface area contributed by atoms with E-state index in [4.69, 9.17) is 69.6 Å². The lowest BCUT2D eigenvalue weighted by Crippen LogP contribution is -2.37. The predicted octanol–water partition coefficient (Wildman–Crippen LogP) is 9.60. The largest absolute Gasteiger partial charge is 0.323 e. The minimum Gasteiger partial charge on any atom is -0.308 e. The maximum Gasteiger partial charge on any atom is 0.323 e. The van der Waals surface area contributed by atoms with Gasteiger partial charge in [0.05, 0.1) is 15.5 Å². The minimum absolute atomic E-state index is 0.0162. The number of hydrogen-bond donors (Lipinski definition) is 2. The smallest absolute Gasteiger partial charge is 0.308 e. The number of anilines is 3. The molecule has 0 saturated carbocycles. The molecular weight excluding hydrogens is 779 g/mol. The van der Waals surface area contributed by atoms with Gasteiger partial charge in [-0.05, 0) is 88.7 Å². The van der Waals surface area contributed by atoms with E-state index in [0.717, 1.165) is 30.3 Å². The van der Waals surface area contributed by atoms with Gasteiger partial charge in [0.2, 0.25) is 0 Å². The standard InChI is InChI=1S/C25H14BrCl6N3O5S2/c26-23-2-1-19(33-25(36)34-20-6-13(27)3-14(28)7-20)12-24(23)35(41(37,38)21-8-15(29)4-16(30)9-21)42(39,40)22-10-17(31)5-18(32)11-22/h1-12H,(H2,33,34,36). The van der Waals surface area contributed by atoms with Crippen LogP contribution in [0.15, 0.2) is 87.1 Å². The zero-order valence-corrected chi connectivity index (χ0v) is 28.1. The molecule has 0 aliphatic heterocycles. The minimum atomic E-state index is -4.95. The van der Waals surface area contributed by atoms with Crippen LogP contribution in [0.4, 0.5) is 21.9 Å². The van der Waals surface area contributed by atoms with Gasteiger partial charge in [0.1, 0.15) is 0 Å². The van der Waals surface area contributed by atoms with E-state index in [1.54, 1.807) is 0 Å². The number of halogens is 7. The fourth-order valence-corrected chi connectivity index (χ4v) is 9.94. The van der Waals surface area contributed by atoms with Crippen molar-refractivity contribution in [1.82, 2.24) is 0 Å². The lowest BCUT2D eigenvalue weighted by molar-refractivity contribution is 0.262. The Morgan fingerprint density at radius 2 is 0.952 bits per heavy atom. The summed E-state index contributed by atoms with van der Waals surface area (Å²) in [6, 6.07) is 14.2. The second-order valence-electron chi connectivity index (χ2n) is 8.32. The van der Waals surface area contributed by atoms with Gasteiger partial charge in [-0.25, -0.2) is 21.6 Å². The summed E-state index contributed by atoms with van der Waals surface area (Å²) in [4.78, 5) is 11.7. The van der Waals surface area contributed by atoms with Crippen LogP contribution in [0.1, 0.15) is 0 Å². The number of rotatable bonds is 7. The first kappa shape index (κ1) is 33.0. The Labute approximate surface area is 279 Å². The number of hydrogen-bond acceptors (Lipinski definition) is 5. The molecule has 0 fully saturated rings. The molecule has 0 aromatic heterocycles. The zero-order valence-electron chi connectivity index (χ0n) is 20.4. The molecule has 0 aliphatic carbocycles. The van der Waals surface area contributed by atoms with Gasteiger partial charge >= 0.3 is 6.03 Å². The molecule has 8 nitrogen and oxygen atoms in total. The number of urea groups is 1. The molecular formula is C25H14BrCl6N3O5S2. The molecule has 0 bridgehead atoms. The topological polar surface area (TPSA) is 113 Å². The van der Waals surface area contributed by atoms with Gasteiger partial charge in [0.15, 0.2) is 0 Å². The van der Waals surface area contributed by atoms with Crippen LogP contribution in [0.2, 0.25) is 30.1 Å². The number of sulfonamides is 2. The van der Waals surface area contributed by atoms with E-state index in [1.807, 2.05) is 0 Å². The molecule has 4 rings (SSSR count). The van der Waals surface area contributed by atoms with Gasteiger partial charge in [-0.3, -0.25) is 0 Å². The molecule has 0 saturated heterocycles. The molecule has 0 unspecified atom stereocenters. The highest BCUT2D eigenvalue weighted by Gasteiger charge is 2.39. The van der Waals surface area contributed by atoms with Crippen molar-refractivity contribution < 1.29 is 21.6 Å². The van der Waals surface area contributed by atoms with Crippen molar-refractivity contribution in [2.75, 3.05) is 14.3 Å². The van der Waals surface area contributed by atoms with Crippen LogP contribution < -0.4 is 14.3 Å². The molecule has 0 radical (unpaired) electrons. The van der Waals surface area contributed by atoms with Crippen LogP contribution in [0.25, 0.3) is 0 Å². The van der Waals surface area contributed by atoms with Crippen molar-refractivity contribution in [3.63, 3.8) is 0 Å². The van der Waals surface area contributed by atoms with Crippen molar-refractivity contribution in [3.05, 3.63) is 107 Å². The highest BCUT2D eigenvalue weighted by molar-refractivity contribution is 9.10. The fraction of sp³-hybridized carbons (Fsp3) is 0. The summed E-state index contributed by atoms with van der Waals surface area (Å²) >= 11 is 39.4. The molecule has 0 aliphatic rings. The number of amides is 2. The average Bonchev–Trinajstić information content (AvgIpc) is 2.84. The molecule has 17 heteroatoms. The van der Waals surface area contributed by atoms with E-state index in [-0.39, 0.29) is 49.7 Å². The predicted molar refractivity (Wildman–Crippen MR) is 173 cm³/mol. The Balaban J connectivity index is 1.85. The summed E-state index contributed by atoms with van der Waals surface area (Å²) in [5.74, 6) is 0. The van der Waals surface area contributed by atoms with Crippen molar-refractivity contribution in [3.8, 4) is 0 Å². The third-order valence-corrected chi connectivity index (χ3v) is 11.3. The molecule has 42 heavy (non-hydrogen) atoms. The number of benzene rings is 4. The SMILES string of the molecule is O=C(Nc1cc(Cl)cc(Cl)c1)Nc1ccc(Br)c(N(S(=O)(=O)c2cc(Cl)cc(Cl)c2)S(=O)(=O)c2cc(Cl)cc(Cl)c2)c1. The van der Waals surface area contributed by atoms with Crippen LogP contribution in [0.3, 0.4) is 0 Å². The zero-order chi connectivity index (χ0) is 31.0. The first-order chi connectivity index (χ1) is 19.6. The van der Waals surface area contributed by atoms with Crippen molar-refractivity contribution in [2.24, 2.45) is 0 Å². The second-order valence-corrected chi connectivity index (χ2v) is 15.6. The van der Waals surface area contributed by atoms with Crippen LogP contribution in [0.5, 0.6) is 0 Å². The highest BCUT2D eigenvalue weighted by Crippen LogP contribution is 2.39. The summed E-state index contributed by atoms with van der Waals surface area (Å²) in [6.45, 7) is 0. The van der Waals surface area contributed by atoms with Crippen LogP contribution >= 0.6 is 85.5 Å². The van der Waals surface area contributed by atoms with E-state index < -0.39 is 41.6 Å². The molecule has 2 amide bonds. The van der Waals surface area contributed by atoms with Gasteiger partial charge in [-0.2, -0.15) is 3.71 Å². The Hall–Kier alpha value is -1.93. The maximum absolute atomic E-state index is 14.0. The Morgan fingerprint density at radius 1 is 0.571 bits per heavy atom. The van der Waals surface area contributed by atoms with Gasteiger partial charge in [0, 0.05) is 46.0 Å². The van der Waals surface area contributed by atoms with Crippen LogP contribution in [-0.2, 0) is 20.0 Å². The Bertz CT molecular complexity index is 1800. The molecule has 2 N–H and O–H groups in total. The third kappa shape index (κ3) is 7.58. The molecule has 0 heterocycles. The lowest BCUT2D eigenvalue weighted by atomic mass is 10.3. The van der Waals surface area contributed by atoms with Crippen LogP contribution in [-0.4, -0.2) is 22.9 Å². The number of carbonyl (C=O) groups is 1. The second kappa shape index (κ2) is 13.0. The lowest BCUT2D eigenvalue weighted by Gasteiger charge is -2.26. The first-order valence-electron chi connectivity index (χ1n) is 11.1. The summed E-state index contributed by atoms with van der Waals surface area (Å²) in [5, 5.41) is 5.36. The molecule has 4 aromatic rings. The summed E-state index contributed by atoms with van der Waals surface area (Å²) in [7, 11) is -9.91. The van der Waals surface area contributed by atoms with Gasteiger partial charge < -0.3 is 10.6 Å². The van der Waals surface area contributed by atoms with E-state index in [2.05, 4.69) is 26.6 Å². The normalized spacial score (nSPS) is 11.7.